The van der Waals surface area contributed by atoms with Crippen molar-refractivity contribution in [2.75, 3.05) is 30.5 Å². The molecule has 5 rings (SSSR count). The van der Waals surface area contributed by atoms with E-state index in [2.05, 4.69) is 5.32 Å². The number of para-hydroxylation sites is 2. The number of rotatable bonds is 6. The van der Waals surface area contributed by atoms with Crippen LogP contribution in [0.4, 0.5) is 11.6 Å². The van der Waals surface area contributed by atoms with Crippen molar-refractivity contribution in [2.24, 2.45) is 0 Å². The van der Waals surface area contributed by atoms with E-state index in [1.807, 2.05) is 34.9 Å². The number of hydrogen-bond donors (Lipinski definition) is 1. The summed E-state index contributed by atoms with van der Waals surface area (Å²) in [7, 11) is 1.58. The van der Waals surface area contributed by atoms with Crippen molar-refractivity contribution < 1.29 is 19.1 Å². The number of imidazole rings is 1. The largest absolute Gasteiger partial charge is 0.497 e. The lowest BCUT2D eigenvalue weighted by Crippen LogP contribution is -2.37. The number of nitrogens with one attached hydrogen (secondary N) is 1. The summed E-state index contributed by atoms with van der Waals surface area (Å²) in [6, 6.07) is 14.2. The molecule has 2 amide bonds. The van der Waals surface area contributed by atoms with Gasteiger partial charge in [-0.2, -0.15) is 0 Å². The Bertz CT molecular complexity index is 1140. The van der Waals surface area contributed by atoms with Gasteiger partial charge in [-0.25, -0.2) is 4.98 Å². The van der Waals surface area contributed by atoms with Gasteiger partial charge in [-0.1, -0.05) is 18.2 Å². The molecule has 2 unspecified atom stereocenters. The van der Waals surface area contributed by atoms with Crippen LogP contribution in [0.5, 0.6) is 5.75 Å². The maximum absolute atomic E-state index is 13.4. The summed E-state index contributed by atoms with van der Waals surface area (Å²) in [5.74, 6) is 0.875. The van der Waals surface area contributed by atoms with Crippen molar-refractivity contribution in [3.63, 3.8) is 0 Å². The van der Waals surface area contributed by atoms with Crippen molar-refractivity contribution in [2.45, 2.75) is 31.4 Å². The summed E-state index contributed by atoms with van der Waals surface area (Å²) in [5, 5.41) is 2.87. The molecule has 0 aliphatic carbocycles. The van der Waals surface area contributed by atoms with E-state index in [0.29, 0.717) is 23.9 Å². The molecule has 2 atom stereocenters. The maximum Gasteiger partial charge on any atom is 0.253 e. The highest BCUT2D eigenvalue weighted by Crippen LogP contribution is 2.37. The number of fused-ring (bicyclic) bond motifs is 3. The highest BCUT2D eigenvalue weighted by Gasteiger charge is 2.42. The molecule has 2 aliphatic heterocycles. The van der Waals surface area contributed by atoms with Gasteiger partial charge in [-0.3, -0.25) is 19.1 Å². The van der Waals surface area contributed by atoms with E-state index in [1.165, 1.54) is 0 Å². The minimum atomic E-state index is -0.644. The first kappa shape index (κ1) is 19.6. The van der Waals surface area contributed by atoms with Gasteiger partial charge in [0, 0.05) is 18.4 Å². The van der Waals surface area contributed by atoms with Gasteiger partial charge in [0.1, 0.15) is 11.8 Å². The Kier molecular flexibility index (Phi) is 5.07. The third-order valence-corrected chi connectivity index (χ3v) is 5.82. The average Bonchev–Trinajstić information content (AvgIpc) is 3.48. The fourth-order valence-corrected chi connectivity index (χ4v) is 4.35. The highest BCUT2D eigenvalue weighted by atomic mass is 16.5. The summed E-state index contributed by atoms with van der Waals surface area (Å²) < 4.78 is 12.8. The van der Waals surface area contributed by atoms with Crippen LogP contribution < -0.4 is 15.0 Å². The van der Waals surface area contributed by atoms with Crippen LogP contribution in [-0.4, -0.2) is 47.7 Å². The smallest absolute Gasteiger partial charge is 0.253 e. The quantitative estimate of drug-likeness (QED) is 0.662. The Balaban J connectivity index is 1.42. The van der Waals surface area contributed by atoms with Crippen LogP contribution >= 0.6 is 0 Å². The highest BCUT2D eigenvalue weighted by molar-refractivity contribution is 6.05. The second-order valence-electron chi connectivity index (χ2n) is 7.85. The number of carbonyl (C=O) groups is 2. The predicted octanol–water partition coefficient (Wildman–Crippen LogP) is 3.14. The second-order valence-corrected chi connectivity index (χ2v) is 7.85. The number of benzene rings is 2. The molecular formula is C23H24N4O4. The van der Waals surface area contributed by atoms with Crippen molar-refractivity contribution in [1.29, 1.82) is 0 Å². The Morgan fingerprint density at radius 3 is 2.94 bits per heavy atom. The molecule has 2 aromatic carbocycles. The SMILES string of the molecule is COc1cccc(NC(=O)CC2C(=O)N(CC3CCCO3)c3nc4ccccc4n32)c1. The fourth-order valence-electron chi connectivity index (χ4n) is 4.35. The van der Waals surface area contributed by atoms with Crippen LogP contribution in [0.1, 0.15) is 25.3 Å². The van der Waals surface area contributed by atoms with E-state index in [1.54, 1.807) is 30.2 Å². The number of aromatic nitrogens is 2. The summed E-state index contributed by atoms with van der Waals surface area (Å²) in [6.07, 6.45) is 1.94. The molecule has 2 aliphatic rings. The molecule has 3 heterocycles. The van der Waals surface area contributed by atoms with Crippen molar-refractivity contribution in [3.8, 4) is 5.75 Å². The Morgan fingerprint density at radius 2 is 2.13 bits per heavy atom. The molecule has 3 aromatic rings. The lowest BCUT2D eigenvalue weighted by atomic mass is 10.1. The first-order valence-electron chi connectivity index (χ1n) is 10.5. The Morgan fingerprint density at radius 1 is 1.26 bits per heavy atom. The van der Waals surface area contributed by atoms with Crippen LogP contribution in [0.25, 0.3) is 11.0 Å². The fraction of sp³-hybridized carbons (Fsp3) is 0.348. The Labute approximate surface area is 179 Å². The number of carbonyl (C=O) groups excluding carboxylic acids is 2. The van der Waals surface area contributed by atoms with Crippen LogP contribution in [-0.2, 0) is 14.3 Å². The zero-order valence-corrected chi connectivity index (χ0v) is 17.3. The molecule has 8 nitrogen and oxygen atoms in total. The predicted molar refractivity (Wildman–Crippen MR) is 116 cm³/mol. The third-order valence-electron chi connectivity index (χ3n) is 5.82. The lowest BCUT2D eigenvalue weighted by Gasteiger charge is -2.19. The molecule has 0 bridgehead atoms. The molecule has 160 valence electrons. The number of anilines is 2. The molecule has 8 heteroatoms. The van der Waals surface area contributed by atoms with Gasteiger partial charge in [0.15, 0.2) is 0 Å². The van der Waals surface area contributed by atoms with Crippen molar-refractivity contribution in [3.05, 3.63) is 48.5 Å². The molecular weight excluding hydrogens is 396 g/mol. The molecule has 0 spiro atoms. The molecule has 1 aromatic heterocycles. The van der Waals surface area contributed by atoms with E-state index in [-0.39, 0.29) is 24.3 Å². The minimum Gasteiger partial charge on any atom is -0.497 e. The van der Waals surface area contributed by atoms with Gasteiger partial charge >= 0.3 is 0 Å². The number of methoxy groups -OCH3 is 1. The summed E-state index contributed by atoms with van der Waals surface area (Å²) >= 11 is 0. The molecule has 0 radical (unpaired) electrons. The average molecular weight is 420 g/mol. The number of hydrogen-bond acceptors (Lipinski definition) is 5. The van der Waals surface area contributed by atoms with Gasteiger partial charge in [0.25, 0.3) is 5.91 Å². The zero-order chi connectivity index (χ0) is 21.4. The molecule has 0 saturated carbocycles. The minimum absolute atomic E-state index is 0.00146. The molecule has 31 heavy (non-hydrogen) atoms. The van der Waals surface area contributed by atoms with E-state index < -0.39 is 6.04 Å². The first-order chi connectivity index (χ1) is 15.1. The van der Waals surface area contributed by atoms with Gasteiger partial charge < -0.3 is 14.8 Å². The van der Waals surface area contributed by atoms with Crippen molar-refractivity contribution in [1.82, 2.24) is 9.55 Å². The van der Waals surface area contributed by atoms with Crippen LogP contribution in [0.3, 0.4) is 0 Å². The number of amides is 2. The summed E-state index contributed by atoms with van der Waals surface area (Å²) in [6.45, 7) is 1.17. The van der Waals surface area contributed by atoms with Crippen LogP contribution in [0.2, 0.25) is 0 Å². The van der Waals surface area contributed by atoms with Gasteiger partial charge in [0.2, 0.25) is 11.9 Å². The molecule has 1 saturated heterocycles. The molecule has 1 N–H and O–H groups in total. The third kappa shape index (κ3) is 3.63. The first-order valence-corrected chi connectivity index (χ1v) is 10.5. The van der Waals surface area contributed by atoms with Gasteiger partial charge in [-0.15, -0.1) is 0 Å². The monoisotopic (exact) mass is 420 g/mol. The van der Waals surface area contributed by atoms with Crippen LogP contribution in [0, 0.1) is 0 Å². The van der Waals surface area contributed by atoms with Gasteiger partial charge in [0.05, 0.1) is 37.2 Å². The molecule has 1 fully saturated rings. The topological polar surface area (TPSA) is 85.7 Å². The summed E-state index contributed by atoms with van der Waals surface area (Å²) in [5.41, 5.74) is 2.28. The summed E-state index contributed by atoms with van der Waals surface area (Å²) in [4.78, 5) is 32.6. The van der Waals surface area contributed by atoms with E-state index in [9.17, 15) is 9.59 Å². The second kappa shape index (κ2) is 8.03. The number of ether oxygens (including phenoxy) is 2. The zero-order valence-electron chi connectivity index (χ0n) is 17.3. The van der Waals surface area contributed by atoms with E-state index in [4.69, 9.17) is 14.5 Å². The standard InChI is InChI=1S/C23H24N4O4/c1-30-16-7-4-6-15(12-16)24-21(28)13-20-22(29)26(14-17-8-5-11-31-17)23-25-18-9-2-3-10-19(18)27(20)23/h2-4,6-7,9-10,12,17,20H,5,8,11,13-14H2,1H3,(H,24,28). The van der Waals surface area contributed by atoms with E-state index in [0.717, 1.165) is 30.5 Å². The normalized spacial score (nSPS) is 20.3. The Hall–Kier alpha value is -3.39. The maximum atomic E-state index is 13.4. The van der Waals surface area contributed by atoms with Crippen LogP contribution in [0.15, 0.2) is 48.5 Å². The van der Waals surface area contributed by atoms with Crippen molar-refractivity contribution >= 4 is 34.5 Å². The lowest BCUT2D eigenvalue weighted by molar-refractivity contribution is -0.124. The number of nitrogens with zero attached hydrogens (tertiary/aromatic N) is 3. The van der Waals surface area contributed by atoms with Gasteiger partial charge in [-0.05, 0) is 37.1 Å². The van der Waals surface area contributed by atoms with E-state index >= 15 is 0 Å².